The van der Waals surface area contributed by atoms with Crippen molar-refractivity contribution in [3.8, 4) is 17.2 Å². The second kappa shape index (κ2) is 9.57. The second-order valence-corrected chi connectivity index (χ2v) is 5.54. The van der Waals surface area contributed by atoms with Crippen LogP contribution in [0.25, 0.3) is 0 Å². The quantitative estimate of drug-likeness (QED) is 0.709. The third-order valence-corrected chi connectivity index (χ3v) is 3.78. The van der Waals surface area contributed by atoms with E-state index in [1.807, 2.05) is 19.1 Å². The van der Waals surface area contributed by atoms with Gasteiger partial charge in [0.1, 0.15) is 17.2 Å². The van der Waals surface area contributed by atoms with Gasteiger partial charge in [0, 0.05) is 18.2 Å². The Labute approximate surface area is 148 Å². The van der Waals surface area contributed by atoms with Gasteiger partial charge < -0.3 is 19.5 Å². The monoisotopic (exact) mass is 343 g/mol. The number of rotatable bonds is 9. The number of benzene rings is 2. The first-order valence-corrected chi connectivity index (χ1v) is 8.39. The number of carbonyl (C=O) groups is 1. The maximum atomic E-state index is 12.3. The van der Waals surface area contributed by atoms with E-state index in [1.54, 1.807) is 32.4 Å². The molecule has 2 aromatic rings. The van der Waals surface area contributed by atoms with Crippen molar-refractivity contribution in [1.29, 1.82) is 0 Å². The van der Waals surface area contributed by atoms with Crippen LogP contribution >= 0.6 is 0 Å². The second-order valence-electron chi connectivity index (χ2n) is 5.54. The zero-order valence-electron chi connectivity index (χ0n) is 15.0. The van der Waals surface area contributed by atoms with E-state index in [1.165, 1.54) is 5.56 Å². The summed E-state index contributed by atoms with van der Waals surface area (Å²) in [6.45, 7) is 3.24. The Morgan fingerprint density at radius 1 is 0.960 bits per heavy atom. The van der Waals surface area contributed by atoms with Gasteiger partial charge in [-0.05, 0) is 49.6 Å². The first-order valence-electron chi connectivity index (χ1n) is 8.39. The van der Waals surface area contributed by atoms with Crippen LogP contribution < -0.4 is 19.5 Å². The van der Waals surface area contributed by atoms with Crippen LogP contribution in [-0.2, 0) is 6.42 Å². The summed E-state index contributed by atoms with van der Waals surface area (Å²) < 4.78 is 15.8. The van der Waals surface area contributed by atoms with Crippen LogP contribution in [0.4, 0.5) is 0 Å². The summed E-state index contributed by atoms with van der Waals surface area (Å²) in [5, 5.41) is 2.93. The average Bonchev–Trinajstić information content (AvgIpc) is 2.66. The van der Waals surface area contributed by atoms with Crippen LogP contribution in [0.5, 0.6) is 17.2 Å². The molecule has 0 saturated heterocycles. The molecule has 25 heavy (non-hydrogen) atoms. The summed E-state index contributed by atoms with van der Waals surface area (Å²) in [5.41, 5.74) is 1.75. The molecule has 0 heterocycles. The molecule has 0 bridgehead atoms. The van der Waals surface area contributed by atoms with Crippen molar-refractivity contribution in [3.05, 3.63) is 53.6 Å². The van der Waals surface area contributed by atoms with Crippen LogP contribution in [0.2, 0.25) is 0 Å². The van der Waals surface area contributed by atoms with Gasteiger partial charge in [-0.1, -0.05) is 12.1 Å². The molecule has 1 amide bonds. The van der Waals surface area contributed by atoms with E-state index in [0.29, 0.717) is 30.2 Å². The molecule has 1 N–H and O–H groups in total. The third-order valence-electron chi connectivity index (χ3n) is 3.78. The third kappa shape index (κ3) is 5.71. The Morgan fingerprint density at radius 2 is 1.60 bits per heavy atom. The number of methoxy groups -OCH3 is 2. The molecule has 134 valence electrons. The van der Waals surface area contributed by atoms with Gasteiger partial charge in [0.15, 0.2) is 0 Å². The minimum absolute atomic E-state index is 0.135. The fraction of sp³-hybridized carbons (Fsp3) is 0.350. The Morgan fingerprint density at radius 3 is 2.16 bits per heavy atom. The van der Waals surface area contributed by atoms with Crippen LogP contribution in [-0.4, -0.2) is 33.3 Å². The molecule has 0 unspecified atom stereocenters. The van der Waals surface area contributed by atoms with Crippen LogP contribution in [0, 0.1) is 0 Å². The summed E-state index contributed by atoms with van der Waals surface area (Å²) in [5.74, 6) is 1.94. The highest BCUT2D eigenvalue weighted by Crippen LogP contribution is 2.22. The van der Waals surface area contributed by atoms with Gasteiger partial charge in [0.25, 0.3) is 5.91 Å². The largest absolute Gasteiger partial charge is 0.497 e. The predicted molar refractivity (Wildman–Crippen MR) is 97.8 cm³/mol. The van der Waals surface area contributed by atoms with E-state index in [4.69, 9.17) is 14.2 Å². The van der Waals surface area contributed by atoms with E-state index >= 15 is 0 Å². The van der Waals surface area contributed by atoms with E-state index in [-0.39, 0.29) is 5.91 Å². The van der Waals surface area contributed by atoms with E-state index in [0.717, 1.165) is 18.6 Å². The minimum Gasteiger partial charge on any atom is -0.497 e. The molecule has 0 aliphatic carbocycles. The molecule has 0 spiro atoms. The molecule has 5 heteroatoms. The summed E-state index contributed by atoms with van der Waals surface area (Å²) >= 11 is 0. The SMILES string of the molecule is CCOc1ccc(CCCNC(=O)c2cc(OC)cc(OC)c2)cc1. The van der Waals surface area contributed by atoms with Gasteiger partial charge in [-0.15, -0.1) is 0 Å². The fourth-order valence-electron chi connectivity index (χ4n) is 2.45. The van der Waals surface area contributed by atoms with Crippen molar-refractivity contribution < 1.29 is 19.0 Å². The normalized spacial score (nSPS) is 10.2. The van der Waals surface area contributed by atoms with Crippen molar-refractivity contribution in [2.24, 2.45) is 0 Å². The number of amides is 1. The molecular weight excluding hydrogens is 318 g/mol. The van der Waals surface area contributed by atoms with Crippen LogP contribution in [0.15, 0.2) is 42.5 Å². The smallest absolute Gasteiger partial charge is 0.251 e. The Balaban J connectivity index is 1.82. The number of ether oxygens (including phenoxy) is 3. The molecule has 0 aliphatic rings. The topological polar surface area (TPSA) is 56.8 Å². The Bertz CT molecular complexity index is 660. The molecule has 0 radical (unpaired) electrons. The number of hydrogen-bond donors (Lipinski definition) is 1. The standard InChI is InChI=1S/C20H25NO4/c1-4-25-17-9-7-15(8-10-17)6-5-11-21-20(22)16-12-18(23-2)14-19(13-16)24-3/h7-10,12-14H,4-6,11H2,1-3H3,(H,21,22). The van der Waals surface area contributed by atoms with Gasteiger partial charge in [0.2, 0.25) is 0 Å². The number of aryl methyl sites for hydroxylation is 1. The van der Waals surface area contributed by atoms with Gasteiger partial charge in [-0.25, -0.2) is 0 Å². The Kier molecular flexibility index (Phi) is 7.14. The minimum atomic E-state index is -0.135. The molecule has 0 fully saturated rings. The van der Waals surface area contributed by atoms with E-state index < -0.39 is 0 Å². The summed E-state index contributed by atoms with van der Waals surface area (Å²) in [6.07, 6.45) is 1.76. The van der Waals surface area contributed by atoms with E-state index in [9.17, 15) is 4.79 Å². The number of carbonyl (C=O) groups excluding carboxylic acids is 1. The molecular formula is C20H25NO4. The van der Waals surface area contributed by atoms with Crippen molar-refractivity contribution in [2.45, 2.75) is 19.8 Å². The zero-order valence-corrected chi connectivity index (χ0v) is 15.0. The van der Waals surface area contributed by atoms with Gasteiger partial charge in [-0.3, -0.25) is 4.79 Å². The van der Waals surface area contributed by atoms with Crippen molar-refractivity contribution in [3.63, 3.8) is 0 Å². The highest BCUT2D eigenvalue weighted by atomic mass is 16.5. The zero-order chi connectivity index (χ0) is 18.1. The molecule has 2 rings (SSSR count). The summed E-state index contributed by atoms with van der Waals surface area (Å²) in [6, 6.07) is 13.2. The molecule has 5 nitrogen and oxygen atoms in total. The van der Waals surface area contributed by atoms with Crippen LogP contribution in [0.1, 0.15) is 29.3 Å². The average molecular weight is 343 g/mol. The van der Waals surface area contributed by atoms with E-state index in [2.05, 4.69) is 17.4 Å². The fourth-order valence-corrected chi connectivity index (χ4v) is 2.45. The lowest BCUT2D eigenvalue weighted by Crippen LogP contribution is -2.24. The van der Waals surface area contributed by atoms with Crippen molar-refractivity contribution in [2.75, 3.05) is 27.4 Å². The highest BCUT2D eigenvalue weighted by Gasteiger charge is 2.09. The summed E-state index contributed by atoms with van der Waals surface area (Å²) in [7, 11) is 3.13. The molecule has 0 saturated carbocycles. The first kappa shape index (κ1) is 18.6. The lowest BCUT2D eigenvalue weighted by molar-refractivity contribution is 0.0952. The Hall–Kier alpha value is -2.69. The number of nitrogens with one attached hydrogen (secondary N) is 1. The predicted octanol–water partition coefficient (Wildman–Crippen LogP) is 3.47. The van der Waals surface area contributed by atoms with Gasteiger partial charge in [0.05, 0.1) is 20.8 Å². The van der Waals surface area contributed by atoms with Crippen LogP contribution in [0.3, 0.4) is 0 Å². The van der Waals surface area contributed by atoms with Gasteiger partial charge >= 0.3 is 0 Å². The maximum absolute atomic E-state index is 12.3. The maximum Gasteiger partial charge on any atom is 0.251 e. The van der Waals surface area contributed by atoms with Gasteiger partial charge in [-0.2, -0.15) is 0 Å². The van der Waals surface area contributed by atoms with Crippen molar-refractivity contribution >= 4 is 5.91 Å². The highest BCUT2D eigenvalue weighted by molar-refractivity contribution is 5.95. The summed E-state index contributed by atoms with van der Waals surface area (Å²) in [4.78, 5) is 12.3. The molecule has 0 aliphatic heterocycles. The lowest BCUT2D eigenvalue weighted by atomic mass is 10.1. The lowest BCUT2D eigenvalue weighted by Gasteiger charge is -2.09. The molecule has 0 aromatic heterocycles. The molecule has 2 aromatic carbocycles. The first-order chi connectivity index (χ1) is 12.2. The van der Waals surface area contributed by atoms with Crippen molar-refractivity contribution in [1.82, 2.24) is 5.32 Å². The molecule has 0 atom stereocenters. The number of hydrogen-bond acceptors (Lipinski definition) is 4.